The molecule has 1 saturated heterocycles. The van der Waals surface area contributed by atoms with Gasteiger partial charge in [0.05, 0.1) is 6.04 Å². The molecule has 4 heteroatoms. The molecule has 0 aliphatic carbocycles. The molecule has 1 heterocycles. The molecule has 1 aliphatic rings. The van der Waals surface area contributed by atoms with Crippen molar-refractivity contribution in [2.45, 2.75) is 12.5 Å². The largest absolute Gasteiger partial charge is 0.347 e. The van der Waals surface area contributed by atoms with E-state index >= 15 is 0 Å². The van der Waals surface area contributed by atoms with E-state index < -0.39 is 0 Å². The lowest BCUT2D eigenvalue weighted by molar-refractivity contribution is -0.117. The number of carbonyl (C=O) groups excluding carboxylic acids is 2. The van der Waals surface area contributed by atoms with Crippen LogP contribution in [0.5, 0.6) is 0 Å². The van der Waals surface area contributed by atoms with Gasteiger partial charge in [-0.15, -0.1) is 0 Å². The Hall–Kier alpha value is -3.14. The molecule has 1 N–H and O–H groups in total. The SMILES string of the molecule is O=C(N[C@@H]1CC(=O)N(c2ccccc2)C1)c1ccc2ccccc2c1. The van der Waals surface area contributed by atoms with Gasteiger partial charge in [-0.05, 0) is 35.0 Å². The smallest absolute Gasteiger partial charge is 0.251 e. The van der Waals surface area contributed by atoms with Gasteiger partial charge in [0.15, 0.2) is 0 Å². The molecule has 0 spiro atoms. The van der Waals surface area contributed by atoms with Crippen molar-refractivity contribution in [3.8, 4) is 0 Å². The molecule has 0 radical (unpaired) electrons. The summed E-state index contributed by atoms with van der Waals surface area (Å²) in [7, 11) is 0. The number of hydrogen-bond donors (Lipinski definition) is 1. The standard InChI is InChI=1S/C21H18N2O2/c24-20-13-18(14-23(20)19-8-2-1-3-9-19)22-21(25)17-11-10-15-6-4-5-7-16(15)12-17/h1-12,18H,13-14H2,(H,22,25)/t18-/m1/s1. The van der Waals surface area contributed by atoms with Crippen LogP contribution in [0.15, 0.2) is 72.8 Å². The number of hydrogen-bond acceptors (Lipinski definition) is 2. The Kier molecular flexibility index (Phi) is 3.94. The number of fused-ring (bicyclic) bond motifs is 1. The van der Waals surface area contributed by atoms with E-state index in [4.69, 9.17) is 0 Å². The fraction of sp³-hybridized carbons (Fsp3) is 0.143. The maximum atomic E-state index is 12.6. The summed E-state index contributed by atoms with van der Waals surface area (Å²) in [6.07, 6.45) is 0.328. The van der Waals surface area contributed by atoms with Crippen molar-refractivity contribution in [3.63, 3.8) is 0 Å². The van der Waals surface area contributed by atoms with Crippen LogP contribution in [0.25, 0.3) is 10.8 Å². The zero-order valence-corrected chi connectivity index (χ0v) is 13.7. The summed E-state index contributed by atoms with van der Waals surface area (Å²) >= 11 is 0. The zero-order valence-electron chi connectivity index (χ0n) is 13.7. The Bertz CT molecular complexity index is 937. The van der Waals surface area contributed by atoms with Crippen LogP contribution in [0, 0.1) is 0 Å². The molecule has 0 aromatic heterocycles. The first-order valence-electron chi connectivity index (χ1n) is 8.36. The molecule has 0 saturated carbocycles. The molecular formula is C21H18N2O2. The van der Waals surface area contributed by atoms with Gasteiger partial charge in [-0.2, -0.15) is 0 Å². The van der Waals surface area contributed by atoms with Gasteiger partial charge in [0, 0.05) is 24.2 Å². The molecule has 25 heavy (non-hydrogen) atoms. The van der Waals surface area contributed by atoms with E-state index in [1.165, 1.54) is 0 Å². The van der Waals surface area contributed by atoms with Crippen LogP contribution < -0.4 is 10.2 Å². The van der Waals surface area contributed by atoms with Gasteiger partial charge in [-0.1, -0.05) is 48.5 Å². The highest BCUT2D eigenvalue weighted by Crippen LogP contribution is 2.21. The molecule has 0 unspecified atom stereocenters. The average molecular weight is 330 g/mol. The van der Waals surface area contributed by atoms with Crippen LogP contribution in [0.1, 0.15) is 16.8 Å². The van der Waals surface area contributed by atoms with Crippen molar-refractivity contribution in [2.24, 2.45) is 0 Å². The van der Waals surface area contributed by atoms with Gasteiger partial charge in [0.1, 0.15) is 0 Å². The number of para-hydroxylation sites is 1. The van der Waals surface area contributed by atoms with E-state index in [0.717, 1.165) is 16.5 Å². The molecule has 4 nitrogen and oxygen atoms in total. The molecular weight excluding hydrogens is 312 g/mol. The summed E-state index contributed by atoms with van der Waals surface area (Å²) in [5.74, 6) is -0.103. The first kappa shape index (κ1) is 15.4. The third kappa shape index (κ3) is 3.11. The number of nitrogens with zero attached hydrogens (tertiary/aromatic N) is 1. The van der Waals surface area contributed by atoms with E-state index in [2.05, 4.69) is 5.32 Å². The molecule has 0 bridgehead atoms. The Morgan fingerprint density at radius 2 is 1.64 bits per heavy atom. The van der Waals surface area contributed by atoms with E-state index in [0.29, 0.717) is 18.5 Å². The van der Waals surface area contributed by atoms with Gasteiger partial charge in [-0.3, -0.25) is 9.59 Å². The van der Waals surface area contributed by atoms with Gasteiger partial charge in [0.25, 0.3) is 5.91 Å². The summed E-state index contributed by atoms with van der Waals surface area (Å²) in [6, 6.07) is 23.0. The van der Waals surface area contributed by atoms with Crippen molar-refractivity contribution < 1.29 is 9.59 Å². The predicted molar refractivity (Wildman–Crippen MR) is 98.6 cm³/mol. The van der Waals surface area contributed by atoms with Crippen LogP contribution >= 0.6 is 0 Å². The average Bonchev–Trinajstić information content (AvgIpc) is 3.02. The van der Waals surface area contributed by atoms with E-state index in [1.807, 2.05) is 72.8 Å². The van der Waals surface area contributed by atoms with Crippen LogP contribution in [-0.4, -0.2) is 24.4 Å². The molecule has 1 aliphatic heterocycles. The van der Waals surface area contributed by atoms with Gasteiger partial charge < -0.3 is 10.2 Å². The summed E-state index contributed by atoms with van der Waals surface area (Å²) in [5, 5.41) is 5.12. The maximum Gasteiger partial charge on any atom is 0.251 e. The van der Waals surface area contributed by atoms with Gasteiger partial charge in [0.2, 0.25) is 5.91 Å². The molecule has 4 rings (SSSR count). The molecule has 1 fully saturated rings. The minimum absolute atomic E-state index is 0.0370. The summed E-state index contributed by atoms with van der Waals surface area (Å²) in [6.45, 7) is 0.502. The van der Waals surface area contributed by atoms with Crippen molar-refractivity contribution in [2.75, 3.05) is 11.4 Å². The fourth-order valence-electron chi connectivity index (χ4n) is 3.26. The quantitative estimate of drug-likeness (QED) is 0.800. The number of nitrogens with one attached hydrogen (secondary N) is 1. The molecule has 3 aromatic rings. The Labute approximate surface area is 146 Å². The topological polar surface area (TPSA) is 49.4 Å². The third-order valence-corrected chi connectivity index (χ3v) is 4.54. The predicted octanol–water partition coefficient (Wildman–Crippen LogP) is 3.38. The second kappa shape index (κ2) is 6.40. The summed E-state index contributed by atoms with van der Waals surface area (Å²) in [4.78, 5) is 26.5. The van der Waals surface area contributed by atoms with Gasteiger partial charge >= 0.3 is 0 Å². The Morgan fingerprint density at radius 1 is 0.920 bits per heavy atom. The molecule has 1 atom stereocenters. The Balaban J connectivity index is 1.48. The van der Waals surface area contributed by atoms with Crippen LogP contribution in [0.3, 0.4) is 0 Å². The van der Waals surface area contributed by atoms with Crippen LogP contribution in [-0.2, 0) is 4.79 Å². The van der Waals surface area contributed by atoms with E-state index in [-0.39, 0.29) is 17.9 Å². The number of carbonyl (C=O) groups is 2. The lowest BCUT2D eigenvalue weighted by Gasteiger charge is -2.17. The van der Waals surface area contributed by atoms with E-state index in [9.17, 15) is 9.59 Å². The number of rotatable bonds is 3. The highest BCUT2D eigenvalue weighted by Gasteiger charge is 2.31. The first-order valence-corrected chi connectivity index (χ1v) is 8.36. The van der Waals surface area contributed by atoms with Crippen molar-refractivity contribution in [3.05, 3.63) is 78.4 Å². The molecule has 3 aromatic carbocycles. The third-order valence-electron chi connectivity index (χ3n) is 4.54. The summed E-state index contributed by atoms with van der Waals surface area (Å²) in [5.41, 5.74) is 1.49. The lowest BCUT2D eigenvalue weighted by Crippen LogP contribution is -2.37. The second-order valence-electron chi connectivity index (χ2n) is 6.28. The number of benzene rings is 3. The number of anilines is 1. The highest BCUT2D eigenvalue weighted by atomic mass is 16.2. The second-order valence-corrected chi connectivity index (χ2v) is 6.28. The Morgan fingerprint density at radius 3 is 2.44 bits per heavy atom. The monoisotopic (exact) mass is 330 g/mol. The van der Waals surface area contributed by atoms with Crippen molar-refractivity contribution in [1.82, 2.24) is 5.32 Å². The van der Waals surface area contributed by atoms with Gasteiger partial charge in [-0.25, -0.2) is 0 Å². The minimum atomic E-state index is -0.174. The normalized spacial score (nSPS) is 17.0. The summed E-state index contributed by atoms with van der Waals surface area (Å²) < 4.78 is 0. The molecule has 2 amide bonds. The highest BCUT2D eigenvalue weighted by molar-refractivity contribution is 6.00. The zero-order chi connectivity index (χ0) is 17.2. The molecule has 124 valence electrons. The van der Waals surface area contributed by atoms with Crippen molar-refractivity contribution in [1.29, 1.82) is 0 Å². The maximum absolute atomic E-state index is 12.6. The lowest BCUT2D eigenvalue weighted by atomic mass is 10.1. The minimum Gasteiger partial charge on any atom is -0.347 e. The van der Waals surface area contributed by atoms with Crippen molar-refractivity contribution >= 4 is 28.3 Å². The fourth-order valence-corrected chi connectivity index (χ4v) is 3.26. The number of amides is 2. The first-order chi connectivity index (χ1) is 12.2. The van der Waals surface area contributed by atoms with Crippen LogP contribution in [0.2, 0.25) is 0 Å². The van der Waals surface area contributed by atoms with E-state index in [1.54, 1.807) is 4.90 Å². The van der Waals surface area contributed by atoms with Crippen LogP contribution in [0.4, 0.5) is 5.69 Å².